The first-order valence-electron chi connectivity index (χ1n) is 4.68. The van der Waals surface area contributed by atoms with Gasteiger partial charge in [0.1, 0.15) is 5.17 Å². The van der Waals surface area contributed by atoms with Crippen LogP contribution >= 0.6 is 11.6 Å². The number of aromatic nitrogens is 1. The number of nitrogens with one attached hydrogen (secondary N) is 2. The van der Waals surface area contributed by atoms with Crippen molar-refractivity contribution in [3.05, 3.63) is 41.7 Å². The zero-order chi connectivity index (χ0) is 12.7. The molecule has 1 aromatic rings. The van der Waals surface area contributed by atoms with Crippen molar-refractivity contribution >= 4 is 29.2 Å². The lowest BCUT2D eigenvalue weighted by Gasteiger charge is -2.02. The Morgan fingerprint density at radius 3 is 2.88 bits per heavy atom. The van der Waals surface area contributed by atoms with E-state index in [2.05, 4.69) is 16.9 Å². The molecule has 0 aromatic carbocycles. The Balaban J connectivity index is 2.80. The van der Waals surface area contributed by atoms with Gasteiger partial charge in [-0.15, -0.1) is 5.16 Å². The van der Waals surface area contributed by atoms with Crippen molar-refractivity contribution in [1.29, 1.82) is 10.8 Å². The maximum absolute atomic E-state index is 7.72. The first kappa shape index (κ1) is 13.1. The molecule has 0 fully saturated rings. The molecule has 17 heavy (non-hydrogen) atoms. The van der Waals surface area contributed by atoms with Crippen LogP contribution in [0.15, 0.2) is 35.5 Å². The lowest BCUT2D eigenvalue weighted by Crippen LogP contribution is -2.02. The molecule has 0 radical (unpaired) electrons. The highest BCUT2D eigenvalue weighted by atomic mass is 35.5. The third-order valence-corrected chi connectivity index (χ3v) is 1.91. The second-order valence-corrected chi connectivity index (χ2v) is 3.42. The Kier molecular flexibility index (Phi) is 5.03. The molecular weight excluding hydrogens is 240 g/mol. The first-order chi connectivity index (χ1) is 8.13. The van der Waals surface area contributed by atoms with Crippen molar-refractivity contribution in [3.8, 4) is 0 Å². The van der Waals surface area contributed by atoms with Gasteiger partial charge in [-0.3, -0.25) is 10.8 Å². The summed E-state index contributed by atoms with van der Waals surface area (Å²) in [5.74, 6) is 0. The van der Waals surface area contributed by atoms with Gasteiger partial charge >= 0.3 is 0 Å². The minimum atomic E-state index is -0.134. The standard InChI is InChI=1S/C11H11ClN4O/c1-15-17-7-8-3-2-4-10(16-8)9(13)5-6-11(12)14/h2-6,13-14H,1,7H2/b6-5-,13-9?,14-11?. The molecule has 0 aliphatic carbocycles. The van der Waals surface area contributed by atoms with Crippen LogP contribution in [0.5, 0.6) is 0 Å². The molecule has 6 heteroatoms. The molecular formula is C11H11ClN4O. The van der Waals surface area contributed by atoms with Crippen molar-refractivity contribution in [2.24, 2.45) is 5.16 Å². The maximum Gasteiger partial charge on any atom is 0.159 e. The molecule has 1 rings (SSSR count). The number of hydrogen-bond donors (Lipinski definition) is 2. The fourth-order valence-corrected chi connectivity index (χ4v) is 1.13. The number of hydrogen-bond acceptors (Lipinski definition) is 5. The second kappa shape index (κ2) is 6.55. The minimum absolute atomic E-state index is 0.134. The van der Waals surface area contributed by atoms with Crippen LogP contribution < -0.4 is 0 Å². The van der Waals surface area contributed by atoms with E-state index in [1.807, 2.05) is 0 Å². The molecule has 0 atom stereocenters. The van der Waals surface area contributed by atoms with Crippen molar-refractivity contribution in [3.63, 3.8) is 0 Å². The van der Waals surface area contributed by atoms with Gasteiger partial charge in [0.15, 0.2) is 6.61 Å². The fourth-order valence-electron chi connectivity index (χ4n) is 1.06. The third kappa shape index (κ3) is 4.56. The normalized spacial score (nSPS) is 10.2. The Morgan fingerprint density at radius 1 is 1.47 bits per heavy atom. The Bertz CT molecular complexity index is 470. The van der Waals surface area contributed by atoms with Gasteiger partial charge in [0.2, 0.25) is 0 Å². The molecule has 1 heterocycles. The zero-order valence-corrected chi connectivity index (χ0v) is 9.74. The minimum Gasteiger partial charge on any atom is -0.390 e. The van der Waals surface area contributed by atoms with E-state index >= 15 is 0 Å². The van der Waals surface area contributed by atoms with Crippen LogP contribution in [0.2, 0.25) is 0 Å². The molecule has 0 unspecified atom stereocenters. The number of allylic oxidation sites excluding steroid dienone is 2. The summed E-state index contributed by atoms with van der Waals surface area (Å²) < 4.78 is 0. The van der Waals surface area contributed by atoms with Crippen LogP contribution in [0.1, 0.15) is 11.4 Å². The van der Waals surface area contributed by atoms with E-state index < -0.39 is 0 Å². The molecule has 0 bridgehead atoms. The lowest BCUT2D eigenvalue weighted by atomic mass is 10.2. The van der Waals surface area contributed by atoms with Gasteiger partial charge in [0.05, 0.1) is 17.1 Å². The molecule has 0 spiro atoms. The van der Waals surface area contributed by atoms with Gasteiger partial charge in [-0.25, -0.2) is 4.98 Å². The zero-order valence-electron chi connectivity index (χ0n) is 8.98. The number of rotatable bonds is 6. The predicted molar refractivity (Wildman–Crippen MR) is 68.1 cm³/mol. The highest BCUT2D eigenvalue weighted by molar-refractivity contribution is 6.67. The smallest absolute Gasteiger partial charge is 0.159 e. The van der Waals surface area contributed by atoms with Gasteiger partial charge in [-0.1, -0.05) is 17.7 Å². The Morgan fingerprint density at radius 2 is 2.24 bits per heavy atom. The molecule has 88 valence electrons. The number of pyridine rings is 1. The van der Waals surface area contributed by atoms with Crippen LogP contribution in [0.25, 0.3) is 0 Å². The molecule has 0 saturated heterocycles. The van der Waals surface area contributed by atoms with Gasteiger partial charge in [0, 0.05) is 6.72 Å². The lowest BCUT2D eigenvalue weighted by molar-refractivity contribution is 0.130. The summed E-state index contributed by atoms with van der Waals surface area (Å²) in [5.41, 5.74) is 1.29. The average molecular weight is 251 g/mol. The van der Waals surface area contributed by atoms with E-state index in [9.17, 15) is 0 Å². The highest BCUT2D eigenvalue weighted by Crippen LogP contribution is 2.03. The van der Waals surface area contributed by atoms with Crippen molar-refractivity contribution < 1.29 is 4.84 Å². The van der Waals surface area contributed by atoms with Gasteiger partial charge in [-0.05, 0) is 24.3 Å². The van der Waals surface area contributed by atoms with E-state index in [0.717, 1.165) is 0 Å². The van der Waals surface area contributed by atoms with Crippen LogP contribution in [0.4, 0.5) is 0 Å². The van der Waals surface area contributed by atoms with Crippen LogP contribution in [0.3, 0.4) is 0 Å². The molecule has 0 aliphatic heterocycles. The maximum atomic E-state index is 7.72. The van der Waals surface area contributed by atoms with Crippen molar-refractivity contribution in [2.45, 2.75) is 6.61 Å². The van der Waals surface area contributed by atoms with Gasteiger partial charge in [-0.2, -0.15) is 0 Å². The van der Waals surface area contributed by atoms with E-state index in [1.165, 1.54) is 12.2 Å². The highest BCUT2D eigenvalue weighted by Gasteiger charge is 2.01. The van der Waals surface area contributed by atoms with Crippen LogP contribution in [-0.2, 0) is 11.4 Å². The summed E-state index contributed by atoms with van der Waals surface area (Å²) in [6, 6.07) is 5.21. The molecule has 0 amide bonds. The van der Waals surface area contributed by atoms with Gasteiger partial charge in [0.25, 0.3) is 0 Å². The van der Waals surface area contributed by atoms with Crippen molar-refractivity contribution in [2.75, 3.05) is 0 Å². The number of nitrogens with zero attached hydrogens (tertiary/aromatic N) is 2. The van der Waals surface area contributed by atoms with E-state index in [4.69, 9.17) is 27.3 Å². The monoisotopic (exact) mass is 250 g/mol. The summed E-state index contributed by atoms with van der Waals surface area (Å²) in [6.07, 6.45) is 2.73. The number of halogens is 1. The van der Waals surface area contributed by atoms with E-state index in [-0.39, 0.29) is 17.5 Å². The van der Waals surface area contributed by atoms with E-state index in [0.29, 0.717) is 11.4 Å². The summed E-state index contributed by atoms with van der Waals surface area (Å²) >= 11 is 5.35. The summed E-state index contributed by atoms with van der Waals surface area (Å²) in [7, 11) is 0. The van der Waals surface area contributed by atoms with Crippen LogP contribution in [0, 0.1) is 10.8 Å². The molecule has 5 nitrogen and oxygen atoms in total. The Hall–Kier alpha value is -2.01. The SMILES string of the molecule is C=NOCc1cccc(C(=N)/C=C\C(=N)Cl)n1. The van der Waals surface area contributed by atoms with E-state index in [1.54, 1.807) is 18.2 Å². The molecule has 1 aromatic heterocycles. The van der Waals surface area contributed by atoms with Crippen molar-refractivity contribution in [1.82, 2.24) is 4.98 Å². The first-order valence-corrected chi connectivity index (χ1v) is 5.06. The van der Waals surface area contributed by atoms with Crippen LogP contribution in [-0.4, -0.2) is 22.6 Å². The summed E-state index contributed by atoms with van der Waals surface area (Å²) in [4.78, 5) is 8.95. The predicted octanol–water partition coefficient (Wildman–Crippen LogP) is 2.35. The average Bonchev–Trinajstić information content (AvgIpc) is 2.33. The summed E-state index contributed by atoms with van der Waals surface area (Å²) in [6.45, 7) is 3.40. The quantitative estimate of drug-likeness (QED) is 0.600. The second-order valence-electron chi connectivity index (χ2n) is 3.01. The molecule has 0 aliphatic rings. The summed E-state index contributed by atoms with van der Waals surface area (Å²) in [5, 5.41) is 17.8. The Labute approximate surface area is 104 Å². The van der Waals surface area contributed by atoms with Gasteiger partial charge < -0.3 is 4.84 Å². The fraction of sp³-hybridized carbons (Fsp3) is 0.0909. The molecule has 2 N–H and O–H groups in total. The molecule has 0 saturated carbocycles. The third-order valence-electron chi connectivity index (χ3n) is 1.78. The largest absolute Gasteiger partial charge is 0.390 e. The topological polar surface area (TPSA) is 82.2 Å². The number of oxime groups is 1.